The van der Waals surface area contributed by atoms with Crippen molar-refractivity contribution in [3.63, 3.8) is 0 Å². The van der Waals surface area contributed by atoms with Gasteiger partial charge in [-0.15, -0.1) is 0 Å². The van der Waals surface area contributed by atoms with E-state index < -0.39 is 11.9 Å². The maximum Gasteiger partial charge on any atom is 0.335 e. The first-order valence-corrected chi connectivity index (χ1v) is 8.52. The van der Waals surface area contributed by atoms with Gasteiger partial charge in [0.1, 0.15) is 5.75 Å². The average Bonchev–Trinajstić information content (AvgIpc) is 3.39. The lowest BCUT2D eigenvalue weighted by molar-refractivity contribution is -0.117. The topological polar surface area (TPSA) is 105 Å². The van der Waals surface area contributed by atoms with Crippen molar-refractivity contribution >= 4 is 29.2 Å². The van der Waals surface area contributed by atoms with E-state index in [0.717, 1.165) is 6.42 Å². The highest BCUT2D eigenvalue weighted by atomic mass is 16.5. The highest BCUT2D eigenvalue weighted by Crippen LogP contribution is 2.38. The molecule has 0 aromatic heterocycles. The lowest BCUT2D eigenvalue weighted by Gasteiger charge is -2.12. The molecular weight excluding hydrogens is 348 g/mol. The number of aromatic carboxylic acids is 1. The zero-order chi connectivity index (χ0) is 19.6. The maximum absolute atomic E-state index is 12.5. The number of amides is 2. The number of carboxylic acid groups (broad SMARTS) is 1. The Morgan fingerprint density at radius 1 is 1.07 bits per heavy atom. The number of carboxylic acids is 1. The van der Waals surface area contributed by atoms with Crippen molar-refractivity contribution in [2.45, 2.75) is 13.3 Å². The fourth-order valence-corrected chi connectivity index (χ4v) is 2.78. The van der Waals surface area contributed by atoms with Crippen LogP contribution in [0.4, 0.5) is 11.4 Å². The molecule has 2 unspecified atom stereocenters. The van der Waals surface area contributed by atoms with Gasteiger partial charge in [-0.25, -0.2) is 4.79 Å². The van der Waals surface area contributed by atoms with Crippen molar-refractivity contribution in [2.24, 2.45) is 11.8 Å². The van der Waals surface area contributed by atoms with Gasteiger partial charge in [-0.3, -0.25) is 9.59 Å². The number of anilines is 2. The number of carbonyl (C=O) groups excluding carboxylic acids is 2. The highest BCUT2D eigenvalue weighted by molar-refractivity contribution is 6.06. The van der Waals surface area contributed by atoms with E-state index in [0.29, 0.717) is 22.9 Å². The van der Waals surface area contributed by atoms with Crippen molar-refractivity contribution in [3.8, 4) is 5.75 Å². The Hall–Kier alpha value is -3.35. The predicted octanol–water partition coefficient (Wildman–Crippen LogP) is 3.24. The van der Waals surface area contributed by atoms with Gasteiger partial charge >= 0.3 is 5.97 Å². The molecule has 0 bridgehead atoms. The van der Waals surface area contributed by atoms with E-state index >= 15 is 0 Å². The number of methoxy groups -OCH3 is 1. The van der Waals surface area contributed by atoms with E-state index in [-0.39, 0.29) is 23.1 Å². The minimum atomic E-state index is -1.08. The Morgan fingerprint density at radius 3 is 2.44 bits per heavy atom. The van der Waals surface area contributed by atoms with Gasteiger partial charge in [-0.1, -0.05) is 13.0 Å². The molecule has 0 heterocycles. The summed E-state index contributed by atoms with van der Waals surface area (Å²) in [6, 6.07) is 10.8. The molecule has 2 amide bonds. The minimum absolute atomic E-state index is 0.0361. The number of hydrogen-bond acceptors (Lipinski definition) is 4. The summed E-state index contributed by atoms with van der Waals surface area (Å²) in [5.74, 6) is -0.828. The number of rotatable bonds is 6. The molecule has 3 N–H and O–H groups in total. The van der Waals surface area contributed by atoms with E-state index in [1.807, 2.05) is 6.92 Å². The Kier molecular flexibility index (Phi) is 5.12. The largest absolute Gasteiger partial charge is 0.495 e. The molecule has 1 aliphatic rings. The maximum atomic E-state index is 12.5. The molecular formula is C20H20N2O5. The predicted molar refractivity (Wildman–Crippen MR) is 100 cm³/mol. The molecule has 1 fully saturated rings. The fraction of sp³-hybridized carbons (Fsp3) is 0.250. The molecule has 7 heteroatoms. The van der Waals surface area contributed by atoms with Crippen LogP contribution in [0.15, 0.2) is 42.5 Å². The summed E-state index contributed by atoms with van der Waals surface area (Å²) >= 11 is 0. The van der Waals surface area contributed by atoms with E-state index in [1.54, 1.807) is 24.3 Å². The molecule has 0 spiro atoms. The summed E-state index contributed by atoms with van der Waals surface area (Å²) in [5, 5.41) is 14.6. The second kappa shape index (κ2) is 7.49. The van der Waals surface area contributed by atoms with E-state index in [2.05, 4.69) is 10.6 Å². The van der Waals surface area contributed by atoms with Crippen molar-refractivity contribution < 1.29 is 24.2 Å². The molecule has 1 aliphatic carbocycles. The van der Waals surface area contributed by atoms with Gasteiger partial charge in [0.05, 0.1) is 18.4 Å². The van der Waals surface area contributed by atoms with Crippen LogP contribution in [0, 0.1) is 11.8 Å². The second-order valence-corrected chi connectivity index (χ2v) is 6.56. The van der Waals surface area contributed by atoms with Gasteiger partial charge in [0, 0.05) is 17.2 Å². The van der Waals surface area contributed by atoms with Gasteiger partial charge in [-0.2, -0.15) is 0 Å². The molecule has 0 saturated heterocycles. The van der Waals surface area contributed by atoms with Gasteiger partial charge in [0.2, 0.25) is 5.91 Å². The molecule has 2 aromatic rings. The summed E-state index contributed by atoms with van der Waals surface area (Å²) in [6.45, 7) is 2.02. The highest BCUT2D eigenvalue weighted by Gasteiger charge is 2.39. The van der Waals surface area contributed by atoms with Crippen LogP contribution in [-0.4, -0.2) is 30.0 Å². The van der Waals surface area contributed by atoms with Crippen molar-refractivity contribution in [3.05, 3.63) is 53.6 Å². The van der Waals surface area contributed by atoms with Crippen molar-refractivity contribution in [2.75, 3.05) is 17.7 Å². The summed E-state index contributed by atoms with van der Waals surface area (Å²) in [7, 11) is 1.39. The fourth-order valence-electron chi connectivity index (χ4n) is 2.78. The third-order valence-corrected chi connectivity index (χ3v) is 4.54. The third kappa shape index (κ3) is 4.25. The monoisotopic (exact) mass is 368 g/mol. The molecule has 1 saturated carbocycles. The number of benzene rings is 2. The number of hydrogen-bond donors (Lipinski definition) is 3. The summed E-state index contributed by atoms with van der Waals surface area (Å²) in [5.41, 5.74) is 1.33. The van der Waals surface area contributed by atoms with Gasteiger partial charge in [0.15, 0.2) is 0 Å². The Morgan fingerprint density at radius 2 is 1.81 bits per heavy atom. The molecule has 0 aliphatic heterocycles. The number of nitrogens with one attached hydrogen (secondary N) is 2. The van der Waals surface area contributed by atoms with Crippen LogP contribution >= 0.6 is 0 Å². The molecule has 0 radical (unpaired) electrons. The normalized spacial score (nSPS) is 17.7. The van der Waals surface area contributed by atoms with Crippen molar-refractivity contribution in [1.82, 2.24) is 0 Å². The lowest BCUT2D eigenvalue weighted by atomic mass is 10.1. The molecule has 7 nitrogen and oxygen atoms in total. The van der Waals surface area contributed by atoms with Gasteiger partial charge < -0.3 is 20.5 Å². The standard InChI is InChI=1S/C20H20N2O5/c1-11-8-15(11)19(24)21-14-5-3-4-12(9-14)18(23)22-16-7-6-13(20(25)26)10-17(16)27-2/h3-7,9-11,15H,8H2,1-2H3,(H,21,24)(H,22,23)(H,25,26). The minimum Gasteiger partial charge on any atom is -0.495 e. The molecule has 3 rings (SSSR count). The van der Waals surface area contributed by atoms with Crippen molar-refractivity contribution in [1.29, 1.82) is 0 Å². The van der Waals surface area contributed by atoms with Crippen LogP contribution in [0.3, 0.4) is 0 Å². The zero-order valence-corrected chi connectivity index (χ0v) is 15.0. The average molecular weight is 368 g/mol. The number of ether oxygens (including phenoxy) is 1. The Labute approximate surface area is 156 Å². The first-order chi connectivity index (χ1) is 12.9. The second-order valence-electron chi connectivity index (χ2n) is 6.56. The molecule has 2 aromatic carbocycles. The van der Waals surface area contributed by atoms with E-state index in [9.17, 15) is 14.4 Å². The van der Waals surface area contributed by atoms with E-state index in [1.165, 1.54) is 25.3 Å². The summed E-state index contributed by atoms with van der Waals surface area (Å²) in [4.78, 5) is 35.6. The van der Waals surface area contributed by atoms with Crippen LogP contribution in [0.2, 0.25) is 0 Å². The lowest BCUT2D eigenvalue weighted by Crippen LogP contribution is -2.16. The quantitative estimate of drug-likeness (QED) is 0.726. The Bertz CT molecular complexity index is 909. The van der Waals surface area contributed by atoms with Gasteiger partial charge in [0.25, 0.3) is 5.91 Å². The van der Waals surface area contributed by atoms with Crippen LogP contribution in [0.5, 0.6) is 5.75 Å². The molecule has 27 heavy (non-hydrogen) atoms. The summed E-state index contributed by atoms with van der Waals surface area (Å²) < 4.78 is 5.16. The van der Waals surface area contributed by atoms with Crippen LogP contribution in [0.25, 0.3) is 0 Å². The third-order valence-electron chi connectivity index (χ3n) is 4.54. The molecule has 2 atom stereocenters. The first-order valence-electron chi connectivity index (χ1n) is 8.52. The molecule has 140 valence electrons. The van der Waals surface area contributed by atoms with Crippen LogP contribution in [0.1, 0.15) is 34.1 Å². The smallest absolute Gasteiger partial charge is 0.335 e. The Balaban J connectivity index is 1.73. The summed E-state index contributed by atoms with van der Waals surface area (Å²) in [6.07, 6.45) is 0.887. The SMILES string of the molecule is COc1cc(C(=O)O)ccc1NC(=O)c1cccc(NC(=O)C2CC2C)c1. The number of carbonyl (C=O) groups is 3. The van der Waals surface area contributed by atoms with E-state index in [4.69, 9.17) is 9.84 Å². The van der Waals surface area contributed by atoms with Gasteiger partial charge in [-0.05, 0) is 48.7 Å². The van der Waals surface area contributed by atoms with Crippen LogP contribution in [-0.2, 0) is 4.79 Å². The van der Waals surface area contributed by atoms with Crippen LogP contribution < -0.4 is 15.4 Å². The first kappa shape index (κ1) is 18.4. The zero-order valence-electron chi connectivity index (χ0n) is 15.0.